The van der Waals surface area contributed by atoms with Gasteiger partial charge in [-0.25, -0.2) is 13.4 Å². The topological polar surface area (TPSA) is 76.3 Å². The zero-order valence-electron chi connectivity index (χ0n) is 11.4. The Morgan fingerprint density at radius 2 is 2.26 bits per heavy atom. The van der Waals surface area contributed by atoms with Crippen molar-refractivity contribution in [2.45, 2.75) is 32.4 Å². The molecule has 2 unspecified atom stereocenters. The van der Waals surface area contributed by atoms with E-state index in [4.69, 9.17) is 5.73 Å². The quantitative estimate of drug-likeness (QED) is 0.879. The highest BCUT2D eigenvalue weighted by molar-refractivity contribution is 7.91. The molecule has 1 aromatic heterocycles. The fourth-order valence-electron chi connectivity index (χ4n) is 2.42. The van der Waals surface area contributed by atoms with Crippen molar-refractivity contribution in [3.05, 3.63) is 23.9 Å². The zero-order chi connectivity index (χ0) is 14.0. The summed E-state index contributed by atoms with van der Waals surface area (Å²) in [7, 11) is -2.88. The molecule has 1 saturated heterocycles. The lowest BCUT2D eigenvalue weighted by molar-refractivity contribution is 0.566. The second kappa shape index (κ2) is 5.46. The third-order valence-electron chi connectivity index (χ3n) is 3.33. The van der Waals surface area contributed by atoms with Gasteiger partial charge in [-0.05, 0) is 31.9 Å². The van der Waals surface area contributed by atoms with Gasteiger partial charge in [-0.15, -0.1) is 0 Å². The van der Waals surface area contributed by atoms with Crippen molar-refractivity contribution in [1.82, 2.24) is 4.98 Å². The smallest absolute Gasteiger partial charge is 0.154 e. The van der Waals surface area contributed by atoms with Gasteiger partial charge in [-0.1, -0.05) is 6.07 Å². The normalized spacial score (nSPS) is 24.2. The van der Waals surface area contributed by atoms with E-state index in [-0.39, 0.29) is 23.6 Å². The maximum Gasteiger partial charge on any atom is 0.154 e. The molecule has 2 rings (SSSR count). The molecule has 2 atom stereocenters. The molecule has 2 N–H and O–H groups in total. The molecule has 0 amide bonds. The Balaban J connectivity index is 2.10. The van der Waals surface area contributed by atoms with Crippen LogP contribution in [0.25, 0.3) is 0 Å². The Bertz CT molecular complexity index is 525. The number of rotatable bonds is 3. The number of hydrogen-bond acceptors (Lipinski definition) is 5. The molecule has 1 aliphatic rings. The van der Waals surface area contributed by atoms with E-state index in [0.717, 1.165) is 17.8 Å². The van der Waals surface area contributed by atoms with Gasteiger partial charge in [0.1, 0.15) is 5.82 Å². The fourth-order valence-corrected chi connectivity index (χ4v) is 3.97. The lowest BCUT2D eigenvalue weighted by Crippen LogP contribution is -2.47. The summed E-state index contributed by atoms with van der Waals surface area (Å²) in [6.07, 6.45) is 2.63. The summed E-state index contributed by atoms with van der Waals surface area (Å²) in [6.45, 7) is 4.41. The van der Waals surface area contributed by atoms with Crippen LogP contribution < -0.4 is 10.6 Å². The minimum Gasteiger partial charge on any atom is -0.352 e. The second-order valence-electron chi connectivity index (χ2n) is 5.36. The van der Waals surface area contributed by atoms with Crippen LogP contribution in [0.4, 0.5) is 5.82 Å². The van der Waals surface area contributed by atoms with E-state index in [1.165, 1.54) is 0 Å². The number of pyridine rings is 1. The summed E-state index contributed by atoms with van der Waals surface area (Å²) < 4.78 is 23.1. The van der Waals surface area contributed by atoms with E-state index >= 15 is 0 Å². The summed E-state index contributed by atoms with van der Waals surface area (Å²) in [5.74, 6) is 1.26. The summed E-state index contributed by atoms with van der Waals surface area (Å²) in [5, 5.41) is 0. The Hall–Kier alpha value is -1.14. The number of anilines is 1. The van der Waals surface area contributed by atoms with Crippen molar-refractivity contribution in [1.29, 1.82) is 0 Å². The Labute approximate surface area is 114 Å². The number of hydrogen-bond donors (Lipinski definition) is 1. The van der Waals surface area contributed by atoms with Crippen LogP contribution in [0, 0.1) is 0 Å². The summed E-state index contributed by atoms with van der Waals surface area (Å²) in [4.78, 5) is 6.48. The lowest BCUT2D eigenvalue weighted by atomic mass is 10.1. The molecule has 0 aliphatic carbocycles. The zero-order valence-corrected chi connectivity index (χ0v) is 12.2. The molecule has 0 aromatic carbocycles. The van der Waals surface area contributed by atoms with Crippen LogP contribution in [0.3, 0.4) is 0 Å². The molecule has 19 heavy (non-hydrogen) atoms. The van der Waals surface area contributed by atoms with Crippen molar-refractivity contribution in [3.63, 3.8) is 0 Å². The maximum atomic E-state index is 11.6. The minimum absolute atomic E-state index is 0.0227. The van der Waals surface area contributed by atoms with Crippen molar-refractivity contribution in [2.75, 3.05) is 23.0 Å². The lowest BCUT2D eigenvalue weighted by Gasteiger charge is -2.34. The molecule has 106 valence electrons. The fraction of sp³-hybridized carbons (Fsp3) is 0.615. The highest BCUT2D eigenvalue weighted by atomic mass is 32.2. The van der Waals surface area contributed by atoms with E-state index < -0.39 is 9.84 Å². The first-order valence-electron chi connectivity index (χ1n) is 6.55. The van der Waals surface area contributed by atoms with Crippen LogP contribution in [0.2, 0.25) is 0 Å². The van der Waals surface area contributed by atoms with Crippen LogP contribution in [0.15, 0.2) is 18.3 Å². The highest BCUT2D eigenvalue weighted by Crippen LogP contribution is 2.19. The maximum absolute atomic E-state index is 11.6. The molecule has 1 aliphatic heterocycles. The Morgan fingerprint density at radius 1 is 1.53 bits per heavy atom. The number of nitrogens with zero attached hydrogens (tertiary/aromatic N) is 2. The summed E-state index contributed by atoms with van der Waals surface area (Å²) in [5.41, 5.74) is 6.86. The average molecular weight is 283 g/mol. The largest absolute Gasteiger partial charge is 0.352 e. The van der Waals surface area contributed by atoms with Gasteiger partial charge in [-0.3, -0.25) is 0 Å². The molecule has 0 saturated carbocycles. The number of sulfone groups is 1. The van der Waals surface area contributed by atoms with Crippen molar-refractivity contribution in [3.8, 4) is 0 Å². The molecular formula is C13H21N3O2S. The Kier molecular flexibility index (Phi) is 4.10. The van der Waals surface area contributed by atoms with Crippen LogP contribution >= 0.6 is 0 Å². The first-order valence-corrected chi connectivity index (χ1v) is 8.37. The van der Waals surface area contributed by atoms with E-state index in [2.05, 4.69) is 9.88 Å². The molecule has 0 radical (unpaired) electrons. The van der Waals surface area contributed by atoms with Crippen LogP contribution in [0.5, 0.6) is 0 Å². The van der Waals surface area contributed by atoms with Gasteiger partial charge in [-0.2, -0.15) is 0 Å². The van der Waals surface area contributed by atoms with Crippen LogP contribution in [-0.2, 0) is 16.3 Å². The van der Waals surface area contributed by atoms with Crippen molar-refractivity contribution in [2.24, 2.45) is 5.73 Å². The van der Waals surface area contributed by atoms with Gasteiger partial charge in [0, 0.05) is 24.8 Å². The van der Waals surface area contributed by atoms with Gasteiger partial charge in [0.25, 0.3) is 0 Å². The van der Waals surface area contributed by atoms with Crippen molar-refractivity contribution >= 4 is 15.7 Å². The summed E-state index contributed by atoms with van der Waals surface area (Å²) in [6, 6.07) is 4.06. The predicted octanol–water partition coefficient (Wildman–Crippen LogP) is 0.595. The third-order valence-corrected chi connectivity index (χ3v) is 5.13. The van der Waals surface area contributed by atoms with E-state index in [0.29, 0.717) is 6.54 Å². The molecule has 0 spiro atoms. The van der Waals surface area contributed by atoms with E-state index in [1.54, 1.807) is 0 Å². The standard InChI is InChI=1S/C13H21N3O2S/c1-10(14)7-12-3-4-13(15-8-12)16-5-6-19(17,18)9-11(16)2/h3-4,8,10-11H,5-7,9,14H2,1-2H3. The van der Waals surface area contributed by atoms with Crippen LogP contribution in [-0.4, -0.2) is 43.5 Å². The second-order valence-corrected chi connectivity index (χ2v) is 7.59. The highest BCUT2D eigenvalue weighted by Gasteiger charge is 2.28. The third kappa shape index (κ3) is 3.67. The van der Waals surface area contributed by atoms with Gasteiger partial charge < -0.3 is 10.6 Å². The molecule has 6 heteroatoms. The molecule has 5 nitrogen and oxygen atoms in total. The predicted molar refractivity (Wildman–Crippen MR) is 77.1 cm³/mol. The van der Waals surface area contributed by atoms with Gasteiger partial charge in [0.15, 0.2) is 9.84 Å². The summed E-state index contributed by atoms with van der Waals surface area (Å²) >= 11 is 0. The number of nitrogens with two attached hydrogens (primary N) is 1. The van der Waals surface area contributed by atoms with E-state index in [1.807, 2.05) is 32.2 Å². The minimum atomic E-state index is -2.88. The first kappa shape index (κ1) is 14.3. The SMILES string of the molecule is CC(N)Cc1ccc(N2CCS(=O)(=O)CC2C)nc1. The molecule has 2 heterocycles. The Morgan fingerprint density at radius 3 is 2.79 bits per heavy atom. The van der Waals surface area contributed by atoms with E-state index in [9.17, 15) is 8.42 Å². The average Bonchev–Trinajstić information content (AvgIpc) is 2.29. The monoisotopic (exact) mass is 283 g/mol. The molecule has 1 fully saturated rings. The molecule has 0 bridgehead atoms. The molecule has 1 aromatic rings. The first-order chi connectivity index (χ1) is 8.87. The van der Waals surface area contributed by atoms with Gasteiger partial charge in [0.2, 0.25) is 0 Å². The number of aromatic nitrogens is 1. The van der Waals surface area contributed by atoms with Crippen molar-refractivity contribution < 1.29 is 8.42 Å². The van der Waals surface area contributed by atoms with Gasteiger partial charge in [0.05, 0.1) is 11.5 Å². The van der Waals surface area contributed by atoms with Crippen LogP contribution in [0.1, 0.15) is 19.4 Å². The molecular weight excluding hydrogens is 262 g/mol. The van der Waals surface area contributed by atoms with Gasteiger partial charge >= 0.3 is 0 Å².